The first-order valence-corrected chi connectivity index (χ1v) is 7.25. The van der Waals surface area contributed by atoms with E-state index < -0.39 is 17.5 Å². The molecule has 3 aromatic rings. The molecule has 1 atom stereocenters. The van der Waals surface area contributed by atoms with Crippen LogP contribution in [0.15, 0.2) is 47.7 Å². The number of amides is 1. The lowest BCUT2D eigenvalue weighted by molar-refractivity contribution is -0.119. The normalized spacial score (nSPS) is 11.9. The molecule has 0 aromatic carbocycles. The van der Waals surface area contributed by atoms with E-state index >= 15 is 0 Å². The molecule has 3 heterocycles. The monoisotopic (exact) mass is 325 g/mol. The van der Waals surface area contributed by atoms with Crippen LogP contribution in [0.25, 0.3) is 5.82 Å². The Morgan fingerprint density at radius 1 is 1.25 bits per heavy atom. The fourth-order valence-corrected chi connectivity index (χ4v) is 2.05. The molecule has 0 saturated heterocycles. The van der Waals surface area contributed by atoms with Gasteiger partial charge in [0.25, 0.3) is 11.5 Å². The third-order valence-electron chi connectivity index (χ3n) is 3.33. The first-order chi connectivity index (χ1) is 11.5. The lowest BCUT2D eigenvalue weighted by Crippen LogP contribution is -2.34. The van der Waals surface area contributed by atoms with Gasteiger partial charge in [-0.3, -0.25) is 14.9 Å². The number of aryl methyl sites for hydroxylation is 1. The van der Waals surface area contributed by atoms with Crippen molar-refractivity contribution in [1.82, 2.24) is 29.5 Å². The van der Waals surface area contributed by atoms with Gasteiger partial charge < -0.3 is 0 Å². The number of nitrogens with one attached hydrogen (secondary N) is 1. The molecule has 0 aliphatic carbocycles. The van der Waals surface area contributed by atoms with Gasteiger partial charge in [0.05, 0.1) is 0 Å². The zero-order valence-corrected chi connectivity index (χ0v) is 13.1. The van der Waals surface area contributed by atoms with Crippen LogP contribution in [0.3, 0.4) is 0 Å². The molecule has 1 N–H and O–H groups in total. The Labute approximate surface area is 137 Å². The third kappa shape index (κ3) is 3.19. The van der Waals surface area contributed by atoms with Crippen molar-refractivity contribution >= 4 is 11.9 Å². The van der Waals surface area contributed by atoms with Crippen LogP contribution in [-0.2, 0) is 4.79 Å². The summed E-state index contributed by atoms with van der Waals surface area (Å²) in [5.74, 6) is 0.182. The maximum absolute atomic E-state index is 12.4. The van der Waals surface area contributed by atoms with Gasteiger partial charge in [0.15, 0.2) is 5.82 Å². The van der Waals surface area contributed by atoms with Crippen LogP contribution < -0.4 is 10.9 Å². The summed E-state index contributed by atoms with van der Waals surface area (Å²) in [6.07, 6.45) is 4.84. The second-order valence-electron chi connectivity index (χ2n) is 5.11. The number of rotatable bonds is 4. The third-order valence-corrected chi connectivity index (χ3v) is 3.33. The number of aromatic nitrogens is 6. The molecule has 0 saturated carbocycles. The first kappa shape index (κ1) is 15.5. The van der Waals surface area contributed by atoms with Crippen molar-refractivity contribution in [2.75, 3.05) is 5.32 Å². The van der Waals surface area contributed by atoms with Gasteiger partial charge in [-0.2, -0.15) is 5.10 Å². The number of hydrogen-bond donors (Lipinski definition) is 1. The number of hydrogen-bond acceptors (Lipinski definition) is 6. The van der Waals surface area contributed by atoms with E-state index in [1.54, 1.807) is 50.6 Å². The van der Waals surface area contributed by atoms with Crippen LogP contribution in [0.4, 0.5) is 5.95 Å². The summed E-state index contributed by atoms with van der Waals surface area (Å²) in [7, 11) is 0. The fraction of sp³-hybridized carbons (Fsp3) is 0.200. The molecule has 9 heteroatoms. The molecule has 0 aliphatic rings. The van der Waals surface area contributed by atoms with Crippen LogP contribution in [0.2, 0.25) is 0 Å². The van der Waals surface area contributed by atoms with Crippen molar-refractivity contribution in [3.8, 4) is 5.82 Å². The standard InChI is InChI=1S/C15H15N7O2/c1-10-6-8-16-15(18-10)19-14(24)11(2)22-13(23)5-4-12(20-22)21-9-3-7-17-21/h3-9,11H,1-2H3,(H,16,18,19,24). The van der Waals surface area contributed by atoms with E-state index in [9.17, 15) is 9.59 Å². The van der Waals surface area contributed by atoms with Crippen molar-refractivity contribution < 1.29 is 4.79 Å². The maximum Gasteiger partial charge on any atom is 0.267 e. The van der Waals surface area contributed by atoms with E-state index in [1.165, 1.54) is 10.7 Å². The number of carbonyl (C=O) groups excluding carboxylic acids is 1. The molecule has 0 fully saturated rings. The first-order valence-electron chi connectivity index (χ1n) is 7.25. The molecule has 0 bridgehead atoms. The van der Waals surface area contributed by atoms with E-state index in [0.717, 1.165) is 10.4 Å². The molecule has 1 unspecified atom stereocenters. The summed E-state index contributed by atoms with van der Waals surface area (Å²) < 4.78 is 2.60. The Morgan fingerprint density at radius 2 is 2.08 bits per heavy atom. The molecular formula is C15H15N7O2. The van der Waals surface area contributed by atoms with Crippen LogP contribution in [0.5, 0.6) is 0 Å². The molecule has 0 aliphatic heterocycles. The van der Waals surface area contributed by atoms with Crippen molar-refractivity contribution in [2.45, 2.75) is 19.9 Å². The van der Waals surface area contributed by atoms with Crippen molar-refractivity contribution in [3.05, 3.63) is 58.9 Å². The molecule has 1 amide bonds. The summed E-state index contributed by atoms with van der Waals surface area (Å²) in [5.41, 5.74) is 0.336. The Kier molecular flexibility index (Phi) is 4.15. The average molecular weight is 325 g/mol. The summed E-state index contributed by atoms with van der Waals surface area (Å²) in [6.45, 7) is 3.37. The highest BCUT2D eigenvalue weighted by molar-refractivity contribution is 5.91. The van der Waals surface area contributed by atoms with E-state index in [-0.39, 0.29) is 5.95 Å². The maximum atomic E-state index is 12.4. The SMILES string of the molecule is Cc1ccnc(NC(=O)C(C)n2nc(-n3cccn3)ccc2=O)n1. The highest BCUT2D eigenvalue weighted by atomic mass is 16.2. The Balaban J connectivity index is 1.86. The van der Waals surface area contributed by atoms with Gasteiger partial charge in [-0.05, 0) is 32.0 Å². The molecule has 3 aromatic heterocycles. The Hall–Kier alpha value is -3.36. The zero-order valence-electron chi connectivity index (χ0n) is 13.1. The van der Waals surface area contributed by atoms with Gasteiger partial charge in [-0.1, -0.05) is 0 Å². The quantitative estimate of drug-likeness (QED) is 0.757. The van der Waals surface area contributed by atoms with Crippen LogP contribution in [0, 0.1) is 6.92 Å². The zero-order chi connectivity index (χ0) is 17.1. The average Bonchev–Trinajstić information content (AvgIpc) is 3.09. The van der Waals surface area contributed by atoms with Crippen molar-refractivity contribution in [1.29, 1.82) is 0 Å². The van der Waals surface area contributed by atoms with Gasteiger partial charge in [0.1, 0.15) is 6.04 Å². The highest BCUT2D eigenvalue weighted by Gasteiger charge is 2.19. The van der Waals surface area contributed by atoms with E-state index in [2.05, 4.69) is 25.5 Å². The van der Waals surface area contributed by atoms with E-state index in [4.69, 9.17) is 0 Å². The minimum atomic E-state index is -0.836. The molecule has 3 rings (SSSR count). The Bertz CT molecular complexity index is 918. The minimum absolute atomic E-state index is 0.183. The summed E-state index contributed by atoms with van der Waals surface area (Å²) in [6, 6.07) is 5.51. The minimum Gasteiger partial charge on any atom is -0.293 e. The largest absolute Gasteiger partial charge is 0.293 e. The summed E-state index contributed by atoms with van der Waals surface area (Å²) in [4.78, 5) is 32.5. The van der Waals surface area contributed by atoms with Gasteiger partial charge in [0, 0.05) is 30.4 Å². The van der Waals surface area contributed by atoms with Crippen LogP contribution in [0.1, 0.15) is 18.7 Å². The molecule has 24 heavy (non-hydrogen) atoms. The van der Waals surface area contributed by atoms with Crippen LogP contribution in [-0.4, -0.2) is 35.4 Å². The number of carbonyl (C=O) groups is 1. The molecule has 122 valence electrons. The molecule has 0 radical (unpaired) electrons. The highest BCUT2D eigenvalue weighted by Crippen LogP contribution is 2.07. The van der Waals surface area contributed by atoms with E-state index in [0.29, 0.717) is 5.82 Å². The lowest BCUT2D eigenvalue weighted by atomic mass is 10.3. The number of nitrogens with zero attached hydrogens (tertiary/aromatic N) is 6. The molecule has 9 nitrogen and oxygen atoms in total. The van der Waals surface area contributed by atoms with Gasteiger partial charge in [-0.15, -0.1) is 5.10 Å². The number of anilines is 1. The molecule has 0 spiro atoms. The van der Waals surface area contributed by atoms with Gasteiger partial charge >= 0.3 is 0 Å². The van der Waals surface area contributed by atoms with Crippen LogP contribution >= 0.6 is 0 Å². The van der Waals surface area contributed by atoms with Crippen molar-refractivity contribution in [2.24, 2.45) is 0 Å². The van der Waals surface area contributed by atoms with Crippen molar-refractivity contribution in [3.63, 3.8) is 0 Å². The lowest BCUT2D eigenvalue weighted by Gasteiger charge is -2.14. The second-order valence-corrected chi connectivity index (χ2v) is 5.11. The second kappa shape index (κ2) is 6.41. The summed E-state index contributed by atoms with van der Waals surface area (Å²) in [5, 5.41) is 10.8. The predicted octanol–water partition coefficient (Wildman–Crippen LogP) is 0.727. The predicted molar refractivity (Wildman–Crippen MR) is 85.7 cm³/mol. The van der Waals surface area contributed by atoms with E-state index in [1.807, 2.05) is 0 Å². The molecular weight excluding hydrogens is 310 g/mol. The summed E-state index contributed by atoms with van der Waals surface area (Å²) >= 11 is 0. The van der Waals surface area contributed by atoms with Gasteiger partial charge in [0.2, 0.25) is 5.95 Å². The fourth-order valence-electron chi connectivity index (χ4n) is 2.05. The smallest absolute Gasteiger partial charge is 0.267 e. The van der Waals surface area contributed by atoms with Gasteiger partial charge in [-0.25, -0.2) is 19.3 Å². The Morgan fingerprint density at radius 3 is 2.79 bits per heavy atom. The topological polar surface area (TPSA) is 108 Å².